The lowest BCUT2D eigenvalue weighted by molar-refractivity contribution is -0.217. The van der Waals surface area contributed by atoms with Gasteiger partial charge in [0.1, 0.15) is 29.8 Å². The molecule has 6 atom stereocenters. The first-order chi connectivity index (χ1) is 24.4. The number of carbonyl (C=O) groups excluding carboxylic acids is 4. The molecule has 0 unspecified atom stereocenters. The average Bonchev–Trinajstić information content (AvgIpc) is 3.77. The number of benzene rings is 2. The van der Waals surface area contributed by atoms with Crippen molar-refractivity contribution in [1.29, 1.82) is 0 Å². The lowest BCUT2D eigenvalue weighted by Crippen LogP contribution is -2.69. The summed E-state index contributed by atoms with van der Waals surface area (Å²) in [6.45, 7) is -1.83. The van der Waals surface area contributed by atoms with Crippen molar-refractivity contribution < 1.29 is 61.2 Å². The van der Waals surface area contributed by atoms with Gasteiger partial charge in [0.05, 0.1) is 13.2 Å². The fourth-order valence-corrected chi connectivity index (χ4v) is 7.78. The molecule has 3 N–H and O–H groups in total. The molecule has 4 fully saturated rings. The number of alkyl halides is 3. The van der Waals surface area contributed by atoms with E-state index in [-0.39, 0.29) is 45.0 Å². The van der Waals surface area contributed by atoms with Crippen molar-refractivity contribution in [2.24, 2.45) is 5.41 Å². The molecule has 3 heterocycles. The third kappa shape index (κ3) is 6.85. The van der Waals surface area contributed by atoms with E-state index in [1.54, 1.807) is 24.3 Å². The number of esters is 2. The Kier molecular flexibility index (Phi) is 9.39. The van der Waals surface area contributed by atoms with Gasteiger partial charge in [-0.25, -0.2) is 4.79 Å². The van der Waals surface area contributed by atoms with Gasteiger partial charge >= 0.3 is 18.1 Å². The number of halogens is 3. The van der Waals surface area contributed by atoms with Gasteiger partial charge in [-0.1, -0.05) is 48.5 Å². The lowest BCUT2D eigenvalue weighted by atomic mass is 9.62. The van der Waals surface area contributed by atoms with Crippen molar-refractivity contribution in [2.75, 3.05) is 26.3 Å². The first-order valence-corrected chi connectivity index (χ1v) is 16.6. The quantitative estimate of drug-likeness (QED) is 0.229. The Balaban J connectivity index is 1.12. The Labute approximate surface area is 289 Å². The van der Waals surface area contributed by atoms with Crippen molar-refractivity contribution in [3.63, 3.8) is 0 Å². The highest BCUT2D eigenvalue weighted by Crippen LogP contribution is 2.58. The summed E-state index contributed by atoms with van der Waals surface area (Å²) in [5, 5.41) is 15.8. The molecule has 51 heavy (non-hydrogen) atoms. The van der Waals surface area contributed by atoms with Crippen molar-refractivity contribution in [3.05, 3.63) is 76.9 Å². The number of rotatable bonds is 11. The van der Waals surface area contributed by atoms with E-state index in [0.717, 1.165) is 17.2 Å². The molecule has 2 bridgehead atoms. The number of aliphatic hydroxyl groups is 1. The number of hydrogen-bond donors (Lipinski definition) is 3. The molecule has 2 aliphatic carbocycles. The number of hydroxylamine groups is 2. The smallest absolute Gasteiger partial charge is 0.422 e. The number of fused-ring (bicyclic) bond motifs is 5. The van der Waals surface area contributed by atoms with Crippen LogP contribution in [0.2, 0.25) is 0 Å². The molecule has 13 nitrogen and oxygen atoms in total. The van der Waals surface area contributed by atoms with E-state index in [4.69, 9.17) is 24.2 Å². The van der Waals surface area contributed by atoms with Gasteiger partial charge in [-0.05, 0) is 28.3 Å². The summed E-state index contributed by atoms with van der Waals surface area (Å²) >= 11 is 0. The number of nitrogens with zero attached hydrogens (tertiary/aromatic N) is 1. The van der Waals surface area contributed by atoms with Gasteiger partial charge in [0, 0.05) is 44.8 Å². The van der Waals surface area contributed by atoms with Gasteiger partial charge in [-0.2, -0.15) is 18.2 Å². The molecule has 0 aromatic heterocycles. The molecule has 2 aromatic rings. The minimum absolute atomic E-state index is 0.0274. The van der Waals surface area contributed by atoms with Crippen LogP contribution in [0.4, 0.5) is 13.2 Å². The zero-order valence-corrected chi connectivity index (χ0v) is 27.2. The molecule has 3 aliphatic heterocycles. The van der Waals surface area contributed by atoms with E-state index < -0.39 is 72.3 Å². The van der Waals surface area contributed by atoms with Crippen LogP contribution >= 0.6 is 0 Å². The molecule has 16 heteroatoms. The highest BCUT2D eigenvalue weighted by molar-refractivity contribution is 5.94. The van der Waals surface area contributed by atoms with Gasteiger partial charge < -0.3 is 34.7 Å². The minimum atomic E-state index is -4.63. The highest BCUT2D eigenvalue weighted by Gasteiger charge is 2.76. The normalized spacial score (nSPS) is 28.7. The van der Waals surface area contributed by atoms with Gasteiger partial charge in [0.25, 0.3) is 0 Å². The largest absolute Gasteiger partial charge is 0.458 e. The van der Waals surface area contributed by atoms with Gasteiger partial charge in [0.15, 0.2) is 18.4 Å². The standard InChI is InChI=1S/C35H36F3N3O10/c36-35(37,38)19-47-26(44)10-9-20-5-7-21(8-6-20)18-41-29-31(45)48-24-17-34(29,32(46)40-12-11-25(43)39-13-14-42)30(51-41)28-27(24)49-33(50-28)15-22-3-1-2-4-23(22)16-33/h1-10,24,27-30,42H,11-19H2,(H,39,43)(H,40,46)/t24-,27+,28+,29+,30-,34+/m1/s1. The van der Waals surface area contributed by atoms with E-state index in [1.165, 1.54) is 11.1 Å². The first kappa shape index (κ1) is 35.1. The minimum Gasteiger partial charge on any atom is -0.458 e. The predicted molar refractivity (Wildman–Crippen MR) is 168 cm³/mol. The topological polar surface area (TPSA) is 162 Å². The van der Waals surface area contributed by atoms with Crippen molar-refractivity contribution in [2.45, 2.75) is 74.6 Å². The molecule has 2 aromatic carbocycles. The molecule has 1 saturated carbocycles. The number of nitrogens with one attached hydrogen (secondary N) is 2. The van der Waals surface area contributed by atoms with Crippen LogP contribution in [0.1, 0.15) is 35.1 Å². The van der Waals surface area contributed by atoms with E-state index in [9.17, 15) is 32.3 Å². The first-order valence-electron chi connectivity index (χ1n) is 16.6. The zero-order chi connectivity index (χ0) is 36.0. The van der Waals surface area contributed by atoms with Crippen LogP contribution in [-0.2, 0) is 62.3 Å². The Morgan fingerprint density at radius 3 is 2.39 bits per heavy atom. The summed E-state index contributed by atoms with van der Waals surface area (Å²) in [4.78, 5) is 58.5. The molecule has 2 amide bonds. The van der Waals surface area contributed by atoms with Crippen molar-refractivity contribution in [1.82, 2.24) is 15.7 Å². The molecule has 0 radical (unpaired) electrons. The molecule has 272 valence electrons. The summed E-state index contributed by atoms with van der Waals surface area (Å²) < 4.78 is 60.5. The third-order valence-electron chi connectivity index (χ3n) is 9.89. The number of aliphatic hydroxyl groups excluding tert-OH is 1. The zero-order valence-electron chi connectivity index (χ0n) is 27.2. The summed E-state index contributed by atoms with van der Waals surface area (Å²) in [7, 11) is 0. The second-order valence-corrected chi connectivity index (χ2v) is 13.3. The van der Waals surface area contributed by atoms with Crippen molar-refractivity contribution in [3.8, 4) is 0 Å². The van der Waals surface area contributed by atoms with E-state index in [1.807, 2.05) is 24.3 Å². The third-order valence-corrected chi connectivity index (χ3v) is 9.89. The summed E-state index contributed by atoms with van der Waals surface area (Å²) in [5.41, 5.74) is 1.85. The van der Waals surface area contributed by atoms with Crippen LogP contribution in [-0.4, -0.2) is 103 Å². The van der Waals surface area contributed by atoms with Crippen molar-refractivity contribution >= 4 is 29.8 Å². The van der Waals surface area contributed by atoms with Crippen LogP contribution < -0.4 is 10.6 Å². The lowest BCUT2D eigenvalue weighted by Gasteiger charge is -2.48. The number of amides is 2. The number of carbonyl (C=O) groups is 4. The van der Waals surface area contributed by atoms with Crippen LogP contribution in [0.15, 0.2) is 54.6 Å². The Morgan fingerprint density at radius 1 is 1.00 bits per heavy atom. The Hall–Kier alpha value is -4.35. The average molecular weight is 716 g/mol. The summed E-state index contributed by atoms with van der Waals surface area (Å²) in [6, 6.07) is 13.3. The second kappa shape index (κ2) is 13.7. The maximum absolute atomic E-state index is 14.3. The monoisotopic (exact) mass is 715 g/mol. The van der Waals surface area contributed by atoms with E-state index in [0.29, 0.717) is 24.0 Å². The van der Waals surface area contributed by atoms with Gasteiger partial charge in [-0.3, -0.25) is 19.2 Å². The van der Waals surface area contributed by atoms with E-state index >= 15 is 0 Å². The molecular formula is C35H36F3N3O10. The summed E-state index contributed by atoms with van der Waals surface area (Å²) in [6.07, 6.45) is -4.68. The second-order valence-electron chi connectivity index (χ2n) is 13.3. The molecule has 5 aliphatic rings. The molecule has 3 saturated heterocycles. The fraction of sp³-hybridized carbons (Fsp3) is 0.486. The number of hydrogen-bond acceptors (Lipinski definition) is 11. The number of ether oxygens (including phenoxy) is 4. The SMILES string of the molecule is O=C(CCNC(=O)[C@@]12C[C@H]3OC(=O)[C@@H]1N(Cc1ccc(C=CC(=O)OCC(F)(F)F)cc1)O[C@@H]2[C@H]1OC2(Cc4ccccc4C2)O[C@H]13)NCCO. The molecule has 7 rings (SSSR count). The van der Waals surface area contributed by atoms with Crippen LogP contribution in [0.3, 0.4) is 0 Å². The van der Waals surface area contributed by atoms with E-state index in [2.05, 4.69) is 15.4 Å². The van der Waals surface area contributed by atoms with Crippen LogP contribution in [0.5, 0.6) is 0 Å². The predicted octanol–water partition coefficient (Wildman–Crippen LogP) is 1.50. The molecule has 1 spiro atoms. The fourth-order valence-electron chi connectivity index (χ4n) is 7.78. The maximum atomic E-state index is 14.3. The van der Waals surface area contributed by atoms with Gasteiger partial charge in [-0.15, -0.1) is 0 Å². The summed E-state index contributed by atoms with van der Waals surface area (Å²) in [5.74, 6) is -3.70. The Morgan fingerprint density at radius 2 is 1.71 bits per heavy atom. The Bertz CT molecular complexity index is 1690. The highest BCUT2D eigenvalue weighted by atomic mass is 19.4. The maximum Gasteiger partial charge on any atom is 0.422 e. The van der Waals surface area contributed by atoms with Crippen LogP contribution in [0, 0.1) is 5.41 Å². The van der Waals surface area contributed by atoms with Crippen LogP contribution in [0.25, 0.3) is 6.08 Å². The molecular weight excluding hydrogens is 679 g/mol. The van der Waals surface area contributed by atoms with Gasteiger partial charge in [0.2, 0.25) is 11.8 Å².